The molecule has 0 spiro atoms. The van der Waals surface area contributed by atoms with Crippen LogP contribution in [-0.2, 0) is 0 Å². The van der Waals surface area contributed by atoms with Crippen molar-refractivity contribution in [3.05, 3.63) is 0 Å². The van der Waals surface area contributed by atoms with Crippen molar-refractivity contribution in [2.24, 2.45) is 5.41 Å². The Hall–Kier alpha value is -0.0400. The average Bonchev–Trinajstić information content (AvgIpc) is 2.12. The van der Waals surface area contributed by atoms with Crippen LogP contribution in [0.1, 0.15) is 19.8 Å². The van der Waals surface area contributed by atoms with Crippen LogP contribution in [0.3, 0.4) is 0 Å². The van der Waals surface area contributed by atoms with Crippen molar-refractivity contribution in [3.63, 3.8) is 0 Å². The Morgan fingerprint density at radius 3 is 1.78 bits per heavy atom. The first-order valence-corrected chi connectivity index (χ1v) is 3.72. The number of hydrogen-bond donors (Lipinski definition) is 0. The molecule has 0 amide bonds. The number of rotatable bonds is 2. The zero-order valence-electron chi connectivity index (χ0n) is 7.07. The molecule has 0 unspecified atom stereocenters. The van der Waals surface area contributed by atoms with E-state index in [1.165, 1.54) is 19.4 Å². The van der Waals surface area contributed by atoms with Crippen molar-refractivity contribution in [3.8, 4) is 0 Å². The highest BCUT2D eigenvalue weighted by Gasteiger charge is 2.41. The molecule has 0 aromatic rings. The summed E-state index contributed by atoms with van der Waals surface area (Å²) in [5.74, 6) is 0. The summed E-state index contributed by atoms with van der Waals surface area (Å²) >= 11 is 0. The molecule has 0 radical (unpaired) electrons. The van der Waals surface area contributed by atoms with Crippen molar-refractivity contribution in [1.29, 1.82) is 0 Å². The predicted molar refractivity (Wildman–Crippen MR) is 40.2 cm³/mol. The molecule has 9 heavy (non-hydrogen) atoms. The van der Waals surface area contributed by atoms with Gasteiger partial charge in [-0.1, -0.05) is 6.92 Å². The Labute approximate surface area is 58.3 Å². The fourth-order valence-corrected chi connectivity index (χ4v) is 1.52. The highest BCUT2D eigenvalue weighted by Crippen LogP contribution is 2.45. The summed E-state index contributed by atoms with van der Waals surface area (Å²) in [6.07, 6.45) is 2.89. The maximum absolute atomic E-state index is 2.39. The van der Waals surface area contributed by atoms with Crippen molar-refractivity contribution in [2.45, 2.75) is 19.8 Å². The summed E-state index contributed by atoms with van der Waals surface area (Å²) in [6, 6.07) is 0. The van der Waals surface area contributed by atoms with Gasteiger partial charge in [0.25, 0.3) is 0 Å². The van der Waals surface area contributed by atoms with Crippen molar-refractivity contribution < 1.29 is 4.48 Å². The molecule has 54 valence electrons. The second kappa shape index (κ2) is 1.72. The van der Waals surface area contributed by atoms with Gasteiger partial charge in [-0.25, -0.2) is 0 Å². The van der Waals surface area contributed by atoms with Gasteiger partial charge in [-0.15, -0.1) is 0 Å². The monoisotopic (exact) mass is 128 g/mol. The van der Waals surface area contributed by atoms with Gasteiger partial charge in [0.15, 0.2) is 0 Å². The highest BCUT2D eigenvalue weighted by molar-refractivity contribution is 4.87. The topological polar surface area (TPSA) is 0 Å². The Kier molecular flexibility index (Phi) is 1.35. The average molecular weight is 128 g/mol. The normalized spacial score (nSPS) is 24.0. The van der Waals surface area contributed by atoms with Crippen LogP contribution in [0.4, 0.5) is 0 Å². The third kappa shape index (κ3) is 2.35. The van der Waals surface area contributed by atoms with Crippen LogP contribution in [0, 0.1) is 5.41 Å². The fraction of sp³-hybridized carbons (Fsp3) is 1.00. The molecule has 0 aromatic heterocycles. The van der Waals surface area contributed by atoms with Crippen LogP contribution >= 0.6 is 0 Å². The first-order chi connectivity index (χ1) is 3.91. The van der Waals surface area contributed by atoms with E-state index in [4.69, 9.17) is 0 Å². The molecule has 1 heteroatoms. The zero-order chi connectivity index (χ0) is 7.12. The number of quaternary nitrogens is 1. The van der Waals surface area contributed by atoms with Gasteiger partial charge in [-0.05, 0) is 12.8 Å². The summed E-state index contributed by atoms with van der Waals surface area (Å²) in [7, 11) is 6.80. The van der Waals surface area contributed by atoms with Gasteiger partial charge in [0.1, 0.15) is 0 Å². The molecule has 1 aliphatic carbocycles. The van der Waals surface area contributed by atoms with Gasteiger partial charge in [-0.2, -0.15) is 0 Å². The first kappa shape index (κ1) is 7.07. The lowest BCUT2D eigenvalue weighted by molar-refractivity contribution is -0.875. The van der Waals surface area contributed by atoms with Crippen molar-refractivity contribution in [2.75, 3.05) is 27.7 Å². The fourth-order valence-electron chi connectivity index (χ4n) is 1.52. The molecule has 0 heterocycles. The second-order valence-electron chi connectivity index (χ2n) is 4.76. The predicted octanol–water partition coefficient (Wildman–Crippen LogP) is 1.49. The molecule has 0 bridgehead atoms. The Morgan fingerprint density at radius 2 is 1.67 bits per heavy atom. The van der Waals surface area contributed by atoms with Crippen LogP contribution in [-0.4, -0.2) is 32.2 Å². The number of nitrogens with zero attached hydrogens (tertiary/aromatic N) is 1. The van der Waals surface area contributed by atoms with Crippen molar-refractivity contribution >= 4 is 0 Å². The Morgan fingerprint density at radius 1 is 1.22 bits per heavy atom. The van der Waals surface area contributed by atoms with E-state index in [1.807, 2.05) is 0 Å². The molecular formula is C8H18N+. The van der Waals surface area contributed by atoms with Crippen LogP contribution < -0.4 is 0 Å². The third-order valence-corrected chi connectivity index (χ3v) is 1.96. The standard InChI is InChI=1S/C8H18N/c1-8(5-6-8)7-9(2,3)4/h5-7H2,1-4H3/q+1. The molecule has 1 rings (SSSR count). The minimum Gasteiger partial charge on any atom is -0.330 e. The van der Waals surface area contributed by atoms with E-state index in [9.17, 15) is 0 Å². The van der Waals surface area contributed by atoms with Crippen LogP contribution in [0.15, 0.2) is 0 Å². The van der Waals surface area contributed by atoms with E-state index in [0.29, 0.717) is 5.41 Å². The summed E-state index contributed by atoms with van der Waals surface area (Å²) < 4.78 is 1.12. The first-order valence-electron chi connectivity index (χ1n) is 3.72. The zero-order valence-corrected chi connectivity index (χ0v) is 7.07. The molecule has 0 aliphatic heterocycles. The summed E-state index contributed by atoms with van der Waals surface area (Å²) in [6.45, 7) is 3.73. The third-order valence-electron chi connectivity index (χ3n) is 1.96. The van der Waals surface area contributed by atoms with E-state index in [-0.39, 0.29) is 0 Å². The van der Waals surface area contributed by atoms with E-state index in [2.05, 4.69) is 28.1 Å². The number of hydrogen-bond acceptors (Lipinski definition) is 0. The summed E-state index contributed by atoms with van der Waals surface area (Å²) in [5, 5.41) is 0. The van der Waals surface area contributed by atoms with Gasteiger partial charge in [0, 0.05) is 5.41 Å². The smallest absolute Gasteiger partial charge is 0.0834 e. The lowest BCUT2D eigenvalue weighted by Crippen LogP contribution is -2.39. The second-order valence-corrected chi connectivity index (χ2v) is 4.76. The Bertz CT molecular complexity index is 103. The minimum atomic E-state index is 0.707. The minimum absolute atomic E-state index is 0.707. The largest absolute Gasteiger partial charge is 0.330 e. The molecule has 0 aromatic carbocycles. The van der Waals surface area contributed by atoms with Gasteiger partial charge in [0.2, 0.25) is 0 Å². The summed E-state index contributed by atoms with van der Waals surface area (Å²) in [4.78, 5) is 0. The van der Waals surface area contributed by atoms with Gasteiger partial charge in [0.05, 0.1) is 27.7 Å². The quantitative estimate of drug-likeness (QED) is 0.494. The van der Waals surface area contributed by atoms with Crippen LogP contribution in [0.5, 0.6) is 0 Å². The lowest BCUT2D eigenvalue weighted by atomic mass is 10.1. The van der Waals surface area contributed by atoms with Crippen molar-refractivity contribution in [1.82, 2.24) is 0 Å². The van der Waals surface area contributed by atoms with Gasteiger partial charge in [-0.3, -0.25) is 0 Å². The van der Waals surface area contributed by atoms with E-state index in [1.54, 1.807) is 0 Å². The molecule has 1 saturated carbocycles. The van der Waals surface area contributed by atoms with Crippen LogP contribution in [0.25, 0.3) is 0 Å². The maximum Gasteiger partial charge on any atom is 0.0834 e. The molecule has 0 saturated heterocycles. The SMILES string of the molecule is CC1(C[N+](C)(C)C)CC1. The van der Waals surface area contributed by atoms with Crippen LogP contribution in [0.2, 0.25) is 0 Å². The maximum atomic E-state index is 2.39. The van der Waals surface area contributed by atoms with Gasteiger partial charge >= 0.3 is 0 Å². The van der Waals surface area contributed by atoms with E-state index >= 15 is 0 Å². The van der Waals surface area contributed by atoms with Gasteiger partial charge < -0.3 is 4.48 Å². The Balaban J connectivity index is 2.33. The molecule has 1 fully saturated rings. The molecule has 1 aliphatic rings. The van der Waals surface area contributed by atoms with E-state index < -0.39 is 0 Å². The lowest BCUT2D eigenvalue weighted by Gasteiger charge is -2.27. The summed E-state index contributed by atoms with van der Waals surface area (Å²) in [5.41, 5.74) is 0.707. The molecule has 0 atom stereocenters. The highest BCUT2D eigenvalue weighted by atomic mass is 15.3. The molecule has 0 N–H and O–H groups in total. The van der Waals surface area contributed by atoms with E-state index in [0.717, 1.165) is 4.48 Å². The molecule has 1 nitrogen and oxygen atoms in total. The molecular weight excluding hydrogens is 110 g/mol.